The number of rotatable bonds is 5. The number of hydrogen-bond acceptors (Lipinski definition) is 2. The van der Waals surface area contributed by atoms with E-state index in [-0.39, 0.29) is 0 Å². The zero-order chi connectivity index (χ0) is 14.7. The van der Waals surface area contributed by atoms with Crippen molar-refractivity contribution in [2.75, 3.05) is 0 Å². The lowest BCUT2D eigenvalue weighted by Crippen LogP contribution is -2.09. The molecule has 0 aliphatic carbocycles. The van der Waals surface area contributed by atoms with Crippen molar-refractivity contribution in [2.24, 2.45) is 0 Å². The number of aliphatic hydroxyl groups excluding tert-OH is 1. The normalized spacial score (nSPS) is 12.7. The molecule has 1 atom stereocenters. The van der Waals surface area contributed by atoms with Gasteiger partial charge in [-0.25, -0.2) is 0 Å². The van der Waals surface area contributed by atoms with E-state index < -0.39 is 6.10 Å². The topological polar surface area (TPSA) is 33.4 Å². The Morgan fingerprint density at radius 3 is 2.05 bits per heavy atom. The largest absolute Gasteiger partial charge is 0.466 e. The van der Waals surface area contributed by atoms with Crippen LogP contribution in [0.15, 0.2) is 28.9 Å². The lowest BCUT2D eigenvalue weighted by atomic mass is 9.89. The average molecular weight is 272 g/mol. The van der Waals surface area contributed by atoms with Gasteiger partial charge in [0.25, 0.3) is 0 Å². The van der Waals surface area contributed by atoms with Crippen LogP contribution in [0.25, 0.3) is 0 Å². The van der Waals surface area contributed by atoms with Crippen molar-refractivity contribution in [1.29, 1.82) is 0 Å². The fourth-order valence-electron chi connectivity index (χ4n) is 2.79. The summed E-state index contributed by atoms with van der Waals surface area (Å²) >= 11 is 0. The zero-order valence-corrected chi connectivity index (χ0v) is 12.9. The van der Waals surface area contributed by atoms with Crippen molar-refractivity contribution in [2.45, 2.75) is 53.1 Å². The number of furan rings is 1. The molecule has 20 heavy (non-hydrogen) atoms. The smallest absolute Gasteiger partial charge is 0.139 e. The van der Waals surface area contributed by atoms with E-state index in [0.29, 0.717) is 5.76 Å². The van der Waals surface area contributed by atoms with Crippen molar-refractivity contribution in [3.63, 3.8) is 0 Å². The number of aryl methyl sites for hydroxylation is 4. The molecule has 0 bridgehead atoms. The van der Waals surface area contributed by atoms with Gasteiger partial charge in [-0.2, -0.15) is 0 Å². The Hall–Kier alpha value is -1.54. The summed E-state index contributed by atoms with van der Waals surface area (Å²) in [5.41, 5.74) is 5.83. The van der Waals surface area contributed by atoms with E-state index in [2.05, 4.69) is 32.9 Å². The van der Waals surface area contributed by atoms with E-state index in [9.17, 15) is 5.11 Å². The highest BCUT2D eigenvalue weighted by Crippen LogP contribution is 2.32. The minimum Gasteiger partial charge on any atom is -0.466 e. The first-order valence-electron chi connectivity index (χ1n) is 7.48. The molecule has 0 aliphatic heterocycles. The van der Waals surface area contributed by atoms with E-state index in [1.165, 1.54) is 16.7 Å². The Morgan fingerprint density at radius 1 is 1.05 bits per heavy atom. The summed E-state index contributed by atoms with van der Waals surface area (Å²) in [4.78, 5) is 0. The van der Waals surface area contributed by atoms with Gasteiger partial charge in [-0.1, -0.05) is 32.9 Å². The Morgan fingerprint density at radius 2 is 1.65 bits per heavy atom. The molecule has 108 valence electrons. The molecular weight excluding hydrogens is 248 g/mol. The van der Waals surface area contributed by atoms with Crippen LogP contribution >= 0.6 is 0 Å². The second kappa shape index (κ2) is 6.27. The van der Waals surface area contributed by atoms with Crippen molar-refractivity contribution in [3.05, 3.63) is 58.0 Å². The monoisotopic (exact) mass is 272 g/mol. The summed E-state index contributed by atoms with van der Waals surface area (Å²) in [6, 6.07) is 6.34. The van der Waals surface area contributed by atoms with Gasteiger partial charge in [-0.05, 0) is 60.1 Å². The van der Waals surface area contributed by atoms with Crippen LogP contribution in [-0.4, -0.2) is 5.11 Å². The molecule has 1 heterocycles. The number of hydrogen-bond donors (Lipinski definition) is 1. The molecule has 2 rings (SSSR count). The van der Waals surface area contributed by atoms with E-state index in [0.717, 1.165) is 30.4 Å². The molecule has 0 saturated heterocycles. The number of benzene rings is 1. The third-order valence-corrected chi connectivity index (χ3v) is 4.00. The first kappa shape index (κ1) is 14.9. The standard InChI is InChI=1S/C18H24O2/c1-5-13-10-14(6-2)16(15(7-3)11-13)17(19)18-12(4)8-9-20-18/h8-11,17,19H,5-7H2,1-4H3. The molecule has 1 aromatic carbocycles. The molecule has 1 N–H and O–H groups in total. The van der Waals surface area contributed by atoms with Gasteiger partial charge in [0.1, 0.15) is 11.9 Å². The minimum atomic E-state index is -0.666. The Kier molecular flexibility index (Phi) is 4.66. The predicted octanol–water partition coefficient (Wildman–Crippen LogP) is 4.36. The third-order valence-electron chi connectivity index (χ3n) is 4.00. The van der Waals surface area contributed by atoms with Crippen LogP contribution in [0.3, 0.4) is 0 Å². The fourth-order valence-corrected chi connectivity index (χ4v) is 2.79. The van der Waals surface area contributed by atoms with Crippen LogP contribution in [0.1, 0.15) is 60.5 Å². The highest BCUT2D eigenvalue weighted by Gasteiger charge is 2.22. The maximum Gasteiger partial charge on any atom is 0.139 e. The maximum atomic E-state index is 10.8. The van der Waals surface area contributed by atoms with E-state index in [4.69, 9.17) is 4.42 Å². The average Bonchev–Trinajstić information content (AvgIpc) is 2.91. The molecular formula is C18H24O2. The SMILES string of the molecule is CCc1cc(CC)c(C(O)c2occc2C)c(CC)c1. The summed E-state index contributed by atoms with van der Waals surface area (Å²) in [6.07, 6.45) is 3.85. The minimum absolute atomic E-state index is 0.665. The van der Waals surface area contributed by atoms with Gasteiger partial charge in [0.2, 0.25) is 0 Å². The van der Waals surface area contributed by atoms with Gasteiger partial charge in [-0.15, -0.1) is 0 Å². The first-order chi connectivity index (χ1) is 9.62. The second-order valence-corrected chi connectivity index (χ2v) is 5.26. The van der Waals surface area contributed by atoms with Gasteiger partial charge in [0.15, 0.2) is 0 Å². The highest BCUT2D eigenvalue weighted by molar-refractivity contribution is 5.44. The van der Waals surface area contributed by atoms with Crippen molar-refractivity contribution in [3.8, 4) is 0 Å². The summed E-state index contributed by atoms with van der Waals surface area (Å²) in [6.45, 7) is 8.42. The van der Waals surface area contributed by atoms with Crippen LogP contribution in [0.2, 0.25) is 0 Å². The van der Waals surface area contributed by atoms with Gasteiger partial charge >= 0.3 is 0 Å². The quantitative estimate of drug-likeness (QED) is 0.877. The molecule has 2 aromatic rings. The van der Waals surface area contributed by atoms with Crippen molar-refractivity contribution >= 4 is 0 Å². The molecule has 0 fully saturated rings. The second-order valence-electron chi connectivity index (χ2n) is 5.26. The van der Waals surface area contributed by atoms with Gasteiger partial charge < -0.3 is 9.52 Å². The summed E-state index contributed by atoms with van der Waals surface area (Å²) in [7, 11) is 0. The van der Waals surface area contributed by atoms with E-state index in [1.807, 2.05) is 13.0 Å². The fraction of sp³-hybridized carbons (Fsp3) is 0.444. The Bertz CT molecular complexity index is 556. The van der Waals surface area contributed by atoms with Gasteiger partial charge in [-0.3, -0.25) is 0 Å². The molecule has 1 unspecified atom stereocenters. The van der Waals surface area contributed by atoms with Crippen LogP contribution in [-0.2, 0) is 19.3 Å². The molecule has 2 nitrogen and oxygen atoms in total. The highest BCUT2D eigenvalue weighted by atomic mass is 16.4. The molecule has 0 amide bonds. The molecule has 0 radical (unpaired) electrons. The van der Waals surface area contributed by atoms with E-state index >= 15 is 0 Å². The van der Waals surface area contributed by atoms with Crippen LogP contribution in [0, 0.1) is 6.92 Å². The molecule has 2 heteroatoms. The predicted molar refractivity (Wildman–Crippen MR) is 82.1 cm³/mol. The van der Waals surface area contributed by atoms with Crippen LogP contribution in [0.4, 0.5) is 0 Å². The summed E-state index contributed by atoms with van der Waals surface area (Å²) in [5, 5.41) is 10.8. The van der Waals surface area contributed by atoms with Crippen LogP contribution < -0.4 is 0 Å². The van der Waals surface area contributed by atoms with Gasteiger partial charge in [0.05, 0.1) is 6.26 Å². The van der Waals surface area contributed by atoms with Crippen LogP contribution in [0.5, 0.6) is 0 Å². The third kappa shape index (κ3) is 2.66. The first-order valence-corrected chi connectivity index (χ1v) is 7.48. The van der Waals surface area contributed by atoms with Gasteiger partial charge in [0, 0.05) is 0 Å². The molecule has 0 spiro atoms. The summed E-state index contributed by atoms with van der Waals surface area (Å²) in [5.74, 6) is 0.665. The maximum absolute atomic E-state index is 10.8. The Balaban J connectivity index is 2.57. The summed E-state index contributed by atoms with van der Waals surface area (Å²) < 4.78 is 5.49. The Labute approximate surface area is 121 Å². The van der Waals surface area contributed by atoms with Crippen molar-refractivity contribution < 1.29 is 9.52 Å². The molecule has 0 aliphatic rings. The lowest BCUT2D eigenvalue weighted by Gasteiger charge is -2.19. The number of aliphatic hydroxyl groups is 1. The molecule has 0 saturated carbocycles. The van der Waals surface area contributed by atoms with E-state index in [1.54, 1.807) is 6.26 Å². The lowest BCUT2D eigenvalue weighted by molar-refractivity contribution is 0.186. The molecule has 1 aromatic heterocycles. The zero-order valence-electron chi connectivity index (χ0n) is 12.9. The van der Waals surface area contributed by atoms with Crippen molar-refractivity contribution in [1.82, 2.24) is 0 Å².